The van der Waals surface area contributed by atoms with E-state index in [9.17, 15) is 4.39 Å². The molecule has 0 aromatic heterocycles. The van der Waals surface area contributed by atoms with Crippen LogP contribution in [0.25, 0.3) is 0 Å². The Morgan fingerprint density at radius 1 is 1.25 bits per heavy atom. The maximum absolute atomic E-state index is 13.4. The van der Waals surface area contributed by atoms with E-state index in [1.165, 1.54) is 0 Å². The van der Waals surface area contributed by atoms with Gasteiger partial charge in [-0.05, 0) is 13.0 Å². The van der Waals surface area contributed by atoms with E-state index in [2.05, 4.69) is 10.2 Å². The zero-order valence-corrected chi connectivity index (χ0v) is 13.3. The predicted molar refractivity (Wildman–Crippen MR) is 85.3 cm³/mol. The van der Waals surface area contributed by atoms with Gasteiger partial charge in [-0.3, -0.25) is 4.90 Å². The minimum absolute atomic E-state index is 0. The van der Waals surface area contributed by atoms with Gasteiger partial charge in [0.25, 0.3) is 0 Å². The van der Waals surface area contributed by atoms with Crippen LogP contribution in [0.4, 0.5) is 4.39 Å². The van der Waals surface area contributed by atoms with Crippen molar-refractivity contribution in [1.82, 2.24) is 10.2 Å². The number of benzene rings is 1. The average molecular weight is 325 g/mol. The van der Waals surface area contributed by atoms with Crippen molar-refractivity contribution >= 4 is 24.8 Å². The lowest BCUT2D eigenvalue weighted by Gasteiger charge is -2.34. The monoisotopic (exact) mass is 324 g/mol. The summed E-state index contributed by atoms with van der Waals surface area (Å²) < 4.78 is 19.0. The molecule has 1 heterocycles. The molecule has 0 spiro atoms. The van der Waals surface area contributed by atoms with Gasteiger partial charge in [0.1, 0.15) is 12.4 Å². The van der Waals surface area contributed by atoms with Gasteiger partial charge >= 0.3 is 0 Å². The molecule has 116 valence electrons. The largest absolute Gasteiger partial charge is 0.494 e. The summed E-state index contributed by atoms with van der Waals surface area (Å²) in [7, 11) is 0. The smallest absolute Gasteiger partial charge is 0.124 e. The van der Waals surface area contributed by atoms with Crippen LogP contribution in [0.5, 0.6) is 5.75 Å². The maximum atomic E-state index is 13.4. The zero-order valence-electron chi connectivity index (χ0n) is 11.7. The van der Waals surface area contributed by atoms with E-state index >= 15 is 0 Å². The molecular formula is C14H23Cl2FN2O. The second-order valence-corrected chi connectivity index (χ2v) is 4.43. The molecule has 1 fully saturated rings. The predicted octanol–water partition coefficient (Wildman–Crippen LogP) is 2.84. The summed E-state index contributed by atoms with van der Waals surface area (Å²) >= 11 is 0. The zero-order chi connectivity index (χ0) is 12.8. The van der Waals surface area contributed by atoms with E-state index in [1.54, 1.807) is 0 Å². The lowest BCUT2D eigenvalue weighted by atomic mass is 10.0. The summed E-state index contributed by atoms with van der Waals surface area (Å²) in [5.41, 5.74) is 0.962. The van der Waals surface area contributed by atoms with Crippen molar-refractivity contribution in [2.45, 2.75) is 13.0 Å². The second-order valence-electron chi connectivity index (χ2n) is 4.43. The number of nitrogens with zero attached hydrogens (tertiary/aromatic N) is 1. The minimum atomic E-state index is -0.371. The highest BCUT2D eigenvalue weighted by Gasteiger charge is 2.24. The minimum Gasteiger partial charge on any atom is -0.494 e. The second kappa shape index (κ2) is 10.2. The number of ether oxygens (including phenoxy) is 1. The summed E-state index contributed by atoms with van der Waals surface area (Å²) in [5, 5.41) is 3.29. The Morgan fingerprint density at radius 3 is 2.50 bits per heavy atom. The molecule has 0 saturated carbocycles. The van der Waals surface area contributed by atoms with E-state index < -0.39 is 0 Å². The molecule has 0 unspecified atom stereocenters. The van der Waals surface area contributed by atoms with Crippen molar-refractivity contribution in [3.05, 3.63) is 29.8 Å². The van der Waals surface area contributed by atoms with E-state index in [4.69, 9.17) is 4.74 Å². The van der Waals surface area contributed by atoms with E-state index in [1.807, 2.05) is 31.2 Å². The van der Waals surface area contributed by atoms with E-state index in [0.717, 1.165) is 37.5 Å². The van der Waals surface area contributed by atoms with Crippen LogP contribution in [-0.4, -0.2) is 44.4 Å². The molecule has 2 rings (SSSR count). The highest BCUT2D eigenvalue weighted by molar-refractivity contribution is 5.85. The van der Waals surface area contributed by atoms with E-state index in [0.29, 0.717) is 6.61 Å². The number of alkyl halides is 1. The molecule has 0 bridgehead atoms. The van der Waals surface area contributed by atoms with Gasteiger partial charge in [-0.1, -0.05) is 18.2 Å². The standard InChI is InChI=1S/C14H21FN2O.2ClH/c1-2-18-14-6-4-3-5-12(14)13(11-15)17-9-7-16-8-10-17;;/h3-6,13,16H,2,7-11H2,1H3;2*1H/t13-;;/m0../s1. The average Bonchev–Trinajstić information content (AvgIpc) is 2.43. The lowest BCUT2D eigenvalue weighted by Crippen LogP contribution is -2.45. The Labute approximate surface area is 132 Å². The van der Waals surface area contributed by atoms with Crippen LogP contribution in [0.2, 0.25) is 0 Å². The maximum Gasteiger partial charge on any atom is 0.124 e. The van der Waals surface area contributed by atoms with Gasteiger partial charge in [0, 0.05) is 31.7 Å². The molecule has 1 saturated heterocycles. The SMILES string of the molecule is CCOc1ccccc1[C@H](CF)N1CCNCC1.Cl.Cl. The first kappa shape index (κ1) is 19.4. The molecule has 1 aliphatic rings. The van der Waals surface area contributed by atoms with E-state index in [-0.39, 0.29) is 37.5 Å². The number of nitrogens with one attached hydrogen (secondary N) is 1. The molecule has 0 radical (unpaired) electrons. The number of hydrogen-bond donors (Lipinski definition) is 1. The third-order valence-electron chi connectivity index (χ3n) is 3.32. The Bertz CT molecular complexity index is 376. The topological polar surface area (TPSA) is 24.5 Å². The van der Waals surface area contributed by atoms with Crippen LogP contribution in [0, 0.1) is 0 Å². The number of rotatable bonds is 5. The molecule has 1 atom stereocenters. The van der Waals surface area contributed by atoms with Crippen LogP contribution in [0.3, 0.4) is 0 Å². The van der Waals surface area contributed by atoms with Gasteiger partial charge in [0.2, 0.25) is 0 Å². The summed E-state index contributed by atoms with van der Waals surface area (Å²) in [6.45, 7) is 5.80. The fraction of sp³-hybridized carbons (Fsp3) is 0.571. The third-order valence-corrected chi connectivity index (χ3v) is 3.32. The summed E-state index contributed by atoms with van der Waals surface area (Å²) in [6.07, 6.45) is 0. The quantitative estimate of drug-likeness (QED) is 0.901. The fourth-order valence-electron chi connectivity index (χ4n) is 2.41. The number of halogens is 3. The van der Waals surface area contributed by atoms with Crippen molar-refractivity contribution in [2.75, 3.05) is 39.5 Å². The molecular weight excluding hydrogens is 302 g/mol. The van der Waals surface area contributed by atoms with Crippen LogP contribution in [0.1, 0.15) is 18.5 Å². The van der Waals surface area contributed by atoms with Gasteiger partial charge in [0.05, 0.1) is 12.6 Å². The van der Waals surface area contributed by atoms with Crippen LogP contribution < -0.4 is 10.1 Å². The highest BCUT2D eigenvalue weighted by atomic mass is 35.5. The Kier molecular flexibility index (Phi) is 9.94. The number of para-hydroxylation sites is 1. The molecule has 6 heteroatoms. The van der Waals surface area contributed by atoms with Gasteiger partial charge in [-0.2, -0.15) is 0 Å². The van der Waals surface area contributed by atoms with Crippen LogP contribution >= 0.6 is 24.8 Å². The van der Waals surface area contributed by atoms with Gasteiger partial charge in [0.15, 0.2) is 0 Å². The normalized spacial score (nSPS) is 16.7. The molecule has 1 N–H and O–H groups in total. The first-order chi connectivity index (χ1) is 8.86. The van der Waals surface area contributed by atoms with Crippen molar-refractivity contribution in [2.24, 2.45) is 0 Å². The first-order valence-corrected chi connectivity index (χ1v) is 6.59. The molecule has 0 aliphatic carbocycles. The summed E-state index contributed by atoms with van der Waals surface area (Å²) in [5.74, 6) is 0.807. The Balaban J connectivity index is 0.00000180. The molecule has 3 nitrogen and oxygen atoms in total. The first-order valence-electron chi connectivity index (χ1n) is 6.59. The molecule has 0 amide bonds. The summed E-state index contributed by atoms with van der Waals surface area (Å²) in [6, 6.07) is 7.58. The Morgan fingerprint density at radius 2 is 1.90 bits per heavy atom. The molecule has 1 aromatic rings. The fourth-order valence-corrected chi connectivity index (χ4v) is 2.41. The van der Waals surface area contributed by atoms with Crippen molar-refractivity contribution in [1.29, 1.82) is 0 Å². The third kappa shape index (κ3) is 4.77. The van der Waals surface area contributed by atoms with Gasteiger partial charge in [-0.25, -0.2) is 4.39 Å². The van der Waals surface area contributed by atoms with Crippen LogP contribution in [-0.2, 0) is 0 Å². The number of piperazine rings is 1. The highest BCUT2D eigenvalue weighted by Crippen LogP contribution is 2.30. The van der Waals surface area contributed by atoms with Crippen molar-refractivity contribution in [3.63, 3.8) is 0 Å². The lowest BCUT2D eigenvalue weighted by molar-refractivity contribution is 0.144. The van der Waals surface area contributed by atoms with Crippen molar-refractivity contribution < 1.29 is 9.13 Å². The molecule has 1 aromatic carbocycles. The number of hydrogen-bond acceptors (Lipinski definition) is 3. The molecule has 1 aliphatic heterocycles. The molecule has 20 heavy (non-hydrogen) atoms. The van der Waals surface area contributed by atoms with Gasteiger partial charge < -0.3 is 10.1 Å². The van der Waals surface area contributed by atoms with Gasteiger partial charge in [-0.15, -0.1) is 24.8 Å². The van der Waals surface area contributed by atoms with Crippen LogP contribution in [0.15, 0.2) is 24.3 Å². The van der Waals surface area contributed by atoms with Crippen molar-refractivity contribution in [3.8, 4) is 5.75 Å². The Hall–Kier alpha value is -0.550. The summed E-state index contributed by atoms with van der Waals surface area (Å²) in [4.78, 5) is 2.19.